The van der Waals surface area contributed by atoms with E-state index in [1.807, 2.05) is 35.7 Å². The molecule has 0 atom stereocenters. The number of carbonyl (C=O) groups excluding carboxylic acids is 1. The van der Waals surface area contributed by atoms with Crippen LogP contribution in [-0.2, 0) is 6.54 Å². The summed E-state index contributed by atoms with van der Waals surface area (Å²) in [5, 5.41) is 2.80. The van der Waals surface area contributed by atoms with E-state index in [-0.39, 0.29) is 11.5 Å². The quantitative estimate of drug-likeness (QED) is 0.439. The van der Waals surface area contributed by atoms with Crippen molar-refractivity contribution in [3.05, 3.63) is 68.6 Å². The molecule has 0 aliphatic rings. The third-order valence-electron chi connectivity index (χ3n) is 3.31. The van der Waals surface area contributed by atoms with Gasteiger partial charge < -0.3 is 4.57 Å². The molecule has 0 aliphatic heterocycles. The van der Waals surface area contributed by atoms with Crippen LogP contribution < -0.4 is 16.8 Å². The number of hydrogen-bond donors (Lipinski definition) is 2. The van der Waals surface area contributed by atoms with Crippen LogP contribution in [0.4, 0.5) is 0 Å². The van der Waals surface area contributed by atoms with Gasteiger partial charge in [-0.25, -0.2) is 5.84 Å². The standard InChI is InChI=1S/C15H13N3O2S/c16-17-15(20)14-11(7-8-21-14)9-18-12-4-2-1-3-10(12)5-6-13(18)19/h1-8H,9,16H2,(H,17,20). The number of thiophene rings is 1. The van der Waals surface area contributed by atoms with Crippen molar-refractivity contribution < 1.29 is 4.79 Å². The molecule has 2 aromatic heterocycles. The zero-order chi connectivity index (χ0) is 14.8. The van der Waals surface area contributed by atoms with Crippen molar-refractivity contribution in [3.63, 3.8) is 0 Å². The number of nitrogens with zero attached hydrogens (tertiary/aromatic N) is 1. The molecule has 1 amide bonds. The highest BCUT2D eigenvalue weighted by Gasteiger charge is 2.13. The SMILES string of the molecule is NNC(=O)c1sccc1Cn1c(=O)ccc2ccccc21. The minimum absolute atomic E-state index is 0.0981. The first-order chi connectivity index (χ1) is 10.2. The van der Waals surface area contributed by atoms with E-state index in [9.17, 15) is 9.59 Å². The highest BCUT2D eigenvalue weighted by Crippen LogP contribution is 2.19. The monoisotopic (exact) mass is 299 g/mol. The Morgan fingerprint density at radius 1 is 1.19 bits per heavy atom. The molecule has 2 heterocycles. The molecular weight excluding hydrogens is 286 g/mol. The summed E-state index contributed by atoms with van der Waals surface area (Å²) in [6.45, 7) is 0.340. The van der Waals surface area contributed by atoms with Gasteiger partial charge in [-0.2, -0.15) is 0 Å². The summed E-state index contributed by atoms with van der Waals surface area (Å²) >= 11 is 1.31. The van der Waals surface area contributed by atoms with E-state index in [4.69, 9.17) is 5.84 Å². The lowest BCUT2D eigenvalue weighted by atomic mass is 10.2. The normalized spacial score (nSPS) is 10.7. The predicted octanol–water partition coefficient (Wildman–Crippen LogP) is 1.71. The lowest BCUT2D eigenvalue weighted by Gasteiger charge is -2.10. The number of hydrazine groups is 1. The van der Waals surface area contributed by atoms with Gasteiger partial charge in [0.05, 0.1) is 16.9 Å². The van der Waals surface area contributed by atoms with Gasteiger partial charge in [0.1, 0.15) is 0 Å². The Kier molecular flexibility index (Phi) is 3.55. The number of benzene rings is 1. The highest BCUT2D eigenvalue weighted by atomic mass is 32.1. The van der Waals surface area contributed by atoms with Crippen molar-refractivity contribution in [2.24, 2.45) is 5.84 Å². The van der Waals surface area contributed by atoms with Crippen LogP contribution in [0, 0.1) is 0 Å². The van der Waals surface area contributed by atoms with Crippen LogP contribution in [0.5, 0.6) is 0 Å². The van der Waals surface area contributed by atoms with Crippen LogP contribution >= 0.6 is 11.3 Å². The number of fused-ring (bicyclic) bond motifs is 1. The Labute approximate surface area is 124 Å². The number of amides is 1. The highest BCUT2D eigenvalue weighted by molar-refractivity contribution is 7.12. The Hall–Kier alpha value is -2.44. The van der Waals surface area contributed by atoms with Gasteiger partial charge in [0.2, 0.25) is 0 Å². The molecule has 3 rings (SSSR count). The van der Waals surface area contributed by atoms with Gasteiger partial charge >= 0.3 is 0 Å². The van der Waals surface area contributed by atoms with Gasteiger partial charge in [-0.3, -0.25) is 15.0 Å². The summed E-state index contributed by atoms with van der Waals surface area (Å²) in [6.07, 6.45) is 0. The van der Waals surface area contributed by atoms with E-state index in [1.165, 1.54) is 17.4 Å². The van der Waals surface area contributed by atoms with Crippen molar-refractivity contribution >= 4 is 28.1 Å². The maximum Gasteiger partial charge on any atom is 0.275 e. The van der Waals surface area contributed by atoms with Crippen LogP contribution in [-0.4, -0.2) is 10.5 Å². The van der Waals surface area contributed by atoms with Gasteiger partial charge in [0.15, 0.2) is 0 Å². The summed E-state index contributed by atoms with van der Waals surface area (Å²) in [4.78, 5) is 24.4. The Bertz CT molecular complexity index is 866. The fraction of sp³-hybridized carbons (Fsp3) is 0.0667. The van der Waals surface area contributed by atoms with Crippen molar-refractivity contribution in [1.29, 1.82) is 0 Å². The van der Waals surface area contributed by atoms with E-state index in [0.29, 0.717) is 11.4 Å². The topological polar surface area (TPSA) is 77.1 Å². The molecule has 0 spiro atoms. The van der Waals surface area contributed by atoms with E-state index in [0.717, 1.165) is 16.5 Å². The number of pyridine rings is 1. The molecule has 0 radical (unpaired) electrons. The molecule has 0 saturated carbocycles. The van der Waals surface area contributed by atoms with Crippen molar-refractivity contribution in [3.8, 4) is 0 Å². The molecule has 5 nitrogen and oxygen atoms in total. The zero-order valence-corrected chi connectivity index (χ0v) is 11.9. The number of nitrogens with two attached hydrogens (primary N) is 1. The average molecular weight is 299 g/mol. The Morgan fingerprint density at radius 3 is 2.81 bits per heavy atom. The van der Waals surface area contributed by atoms with Crippen LogP contribution in [0.1, 0.15) is 15.2 Å². The molecule has 1 aromatic carbocycles. The summed E-state index contributed by atoms with van der Waals surface area (Å²) in [5.41, 5.74) is 3.65. The molecule has 3 N–H and O–H groups in total. The lowest BCUT2D eigenvalue weighted by molar-refractivity contribution is 0.0957. The fourth-order valence-corrected chi connectivity index (χ4v) is 3.12. The van der Waals surface area contributed by atoms with Gasteiger partial charge in [0, 0.05) is 6.07 Å². The molecule has 0 unspecified atom stereocenters. The van der Waals surface area contributed by atoms with E-state index < -0.39 is 0 Å². The number of carbonyl (C=O) groups is 1. The number of nitrogen functional groups attached to an aromatic ring is 1. The van der Waals surface area contributed by atoms with Crippen LogP contribution in [0.2, 0.25) is 0 Å². The number of nitrogens with one attached hydrogen (secondary N) is 1. The third kappa shape index (κ3) is 2.46. The maximum atomic E-state index is 12.2. The average Bonchev–Trinajstić information content (AvgIpc) is 2.97. The van der Waals surface area contributed by atoms with Crippen LogP contribution in [0.3, 0.4) is 0 Å². The predicted molar refractivity (Wildman–Crippen MR) is 83.3 cm³/mol. The molecule has 0 aliphatic carbocycles. The first-order valence-electron chi connectivity index (χ1n) is 6.36. The molecule has 0 bridgehead atoms. The smallest absolute Gasteiger partial charge is 0.275 e. The summed E-state index contributed by atoms with van der Waals surface area (Å²) < 4.78 is 1.66. The maximum absolute atomic E-state index is 12.2. The largest absolute Gasteiger partial charge is 0.304 e. The zero-order valence-electron chi connectivity index (χ0n) is 11.1. The van der Waals surface area contributed by atoms with Gasteiger partial charge in [-0.05, 0) is 34.5 Å². The second kappa shape index (κ2) is 5.51. The number of hydrogen-bond acceptors (Lipinski definition) is 4. The molecule has 106 valence electrons. The molecule has 21 heavy (non-hydrogen) atoms. The summed E-state index contributed by atoms with van der Waals surface area (Å²) in [5.74, 6) is 4.85. The molecule has 6 heteroatoms. The number of rotatable bonds is 3. The van der Waals surface area contributed by atoms with Crippen molar-refractivity contribution in [1.82, 2.24) is 9.99 Å². The van der Waals surface area contributed by atoms with Crippen molar-refractivity contribution in [2.45, 2.75) is 6.54 Å². The first kappa shape index (κ1) is 13.5. The van der Waals surface area contributed by atoms with Crippen LogP contribution in [0.15, 0.2) is 52.6 Å². The third-order valence-corrected chi connectivity index (χ3v) is 4.27. The van der Waals surface area contributed by atoms with Crippen molar-refractivity contribution in [2.75, 3.05) is 0 Å². The second-order valence-corrected chi connectivity index (χ2v) is 5.48. The summed E-state index contributed by atoms with van der Waals surface area (Å²) in [7, 11) is 0. The minimum atomic E-state index is -0.340. The number of para-hydroxylation sites is 1. The number of aromatic nitrogens is 1. The van der Waals surface area contributed by atoms with E-state index in [1.54, 1.807) is 10.6 Å². The Morgan fingerprint density at radius 2 is 2.00 bits per heavy atom. The molecule has 0 saturated heterocycles. The van der Waals surface area contributed by atoms with E-state index in [2.05, 4.69) is 5.43 Å². The Balaban J connectivity index is 2.11. The van der Waals surface area contributed by atoms with Gasteiger partial charge in [0.25, 0.3) is 11.5 Å². The molecule has 3 aromatic rings. The van der Waals surface area contributed by atoms with Crippen LogP contribution in [0.25, 0.3) is 10.9 Å². The molecule has 0 fully saturated rings. The molecular formula is C15H13N3O2S. The first-order valence-corrected chi connectivity index (χ1v) is 7.24. The van der Waals surface area contributed by atoms with E-state index >= 15 is 0 Å². The van der Waals surface area contributed by atoms with Gasteiger partial charge in [-0.1, -0.05) is 18.2 Å². The fourth-order valence-electron chi connectivity index (χ4n) is 2.30. The van der Waals surface area contributed by atoms with Gasteiger partial charge in [-0.15, -0.1) is 11.3 Å². The summed E-state index contributed by atoms with van der Waals surface area (Å²) in [6, 6.07) is 12.8. The second-order valence-electron chi connectivity index (χ2n) is 4.56. The lowest BCUT2D eigenvalue weighted by Crippen LogP contribution is -2.30. The minimum Gasteiger partial charge on any atom is -0.304 e.